The Hall–Kier alpha value is -3.48. The van der Waals surface area contributed by atoms with Gasteiger partial charge in [0, 0.05) is 18.3 Å². The number of nitrogens with zero attached hydrogens (tertiary/aromatic N) is 3. The van der Waals surface area contributed by atoms with Gasteiger partial charge in [0.2, 0.25) is 11.9 Å². The average Bonchev–Trinajstić information content (AvgIpc) is 2.80. The van der Waals surface area contributed by atoms with Crippen molar-refractivity contribution in [3.63, 3.8) is 0 Å². The molecule has 4 rings (SSSR count). The normalized spacial score (nSPS) is 16.2. The lowest BCUT2D eigenvalue weighted by Crippen LogP contribution is -2.40. The first-order valence-corrected chi connectivity index (χ1v) is 10.4. The number of likely N-dealkylation sites (tertiary alicyclic amines) is 1. The Morgan fingerprint density at radius 2 is 2.03 bits per heavy atom. The number of rotatable bonds is 5. The highest BCUT2D eigenvalue weighted by molar-refractivity contribution is 5.80. The van der Waals surface area contributed by atoms with Crippen molar-refractivity contribution < 1.29 is 13.9 Å². The number of nitrogen functional groups attached to an aromatic ring is 1. The summed E-state index contributed by atoms with van der Waals surface area (Å²) < 4.78 is 18.6. The molecule has 1 atom stereocenters. The molecule has 0 spiro atoms. The summed E-state index contributed by atoms with van der Waals surface area (Å²) in [7, 11) is 1.62. The number of ether oxygens (including phenoxy) is 1. The Bertz CT molecular complexity index is 1070. The van der Waals surface area contributed by atoms with Crippen molar-refractivity contribution in [1.29, 1.82) is 0 Å². The van der Waals surface area contributed by atoms with E-state index in [1.165, 1.54) is 12.1 Å². The number of methoxy groups -OCH3 is 1. The molecule has 6 nitrogen and oxygen atoms in total. The Morgan fingerprint density at radius 1 is 1.23 bits per heavy atom. The van der Waals surface area contributed by atoms with Crippen LogP contribution in [-0.4, -0.2) is 34.4 Å². The van der Waals surface area contributed by atoms with Crippen LogP contribution in [0.15, 0.2) is 54.7 Å². The van der Waals surface area contributed by atoms with Gasteiger partial charge in [0.05, 0.1) is 25.3 Å². The summed E-state index contributed by atoms with van der Waals surface area (Å²) in [6, 6.07) is 13.5. The van der Waals surface area contributed by atoms with Crippen LogP contribution in [0.3, 0.4) is 0 Å². The lowest BCUT2D eigenvalue weighted by atomic mass is 9.93. The molecule has 2 heterocycles. The number of hydrogen-bond acceptors (Lipinski definition) is 5. The zero-order valence-corrected chi connectivity index (χ0v) is 17.4. The summed E-state index contributed by atoms with van der Waals surface area (Å²) in [4.78, 5) is 23.8. The number of carbonyl (C=O) groups is 1. The van der Waals surface area contributed by atoms with Crippen molar-refractivity contribution >= 4 is 11.9 Å². The second kappa shape index (κ2) is 9.12. The van der Waals surface area contributed by atoms with E-state index in [0.29, 0.717) is 6.54 Å². The summed E-state index contributed by atoms with van der Waals surface area (Å²) >= 11 is 0. The van der Waals surface area contributed by atoms with Gasteiger partial charge in [-0.2, -0.15) is 0 Å². The van der Waals surface area contributed by atoms with Gasteiger partial charge in [0.25, 0.3) is 0 Å². The van der Waals surface area contributed by atoms with Gasteiger partial charge in [-0.05, 0) is 54.7 Å². The lowest BCUT2D eigenvalue weighted by Gasteiger charge is -2.36. The smallest absolute Gasteiger partial charge is 0.227 e. The minimum absolute atomic E-state index is 0.00918. The fourth-order valence-corrected chi connectivity index (χ4v) is 4.07. The Balaban J connectivity index is 1.68. The third-order valence-electron chi connectivity index (χ3n) is 5.63. The van der Waals surface area contributed by atoms with Gasteiger partial charge in [0.1, 0.15) is 11.6 Å². The van der Waals surface area contributed by atoms with Gasteiger partial charge in [-0.3, -0.25) is 4.79 Å². The van der Waals surface area contributed by atoms with Crippen LogP contribution in [0.2, 0.25) is 0 Å². The number of nitrogens with two attached hydrogens (primary N) is 1. The van der Waals surface area contributed by atoms with E-state index >= 15 is 0 Å². The topological polar surface area (TPSA) is 81.3 Å². The first kappa shape index (κ1) is 20.8. The van der Waals surface area contributed by atoms with Crippen molar-refractivity contribution in [2.24, 2.45) is 0 Å². The molecule has 31 heavy (non-hydrogen) atoms. The van der Waals surface area contributed by atoms with Gasteiger partial charge in [-0.15, -0.1) is 0 Å². The fourth-order valence-electron chi connectivity index (χ4n) is 4.07. The second-order valence-electron chi connectivity index (χ2n) is 7.66. The largest absolute Gasteiger partial charge is 0.497 e. The molecule has 0 radical (unpaired) electrons. The quantitative estimate of drug-likeness (QED) is 0.670. The maximum atomic E-state index is 13.2. The highest BCUT2D eigenvalue weighted by Crippen LogP contribution is 2.37. The number of aromatic nitrogens is 2. The maximum absolute atomic E-state index is 13.2. The first-order chi connectivity index (χ1) is 15.0. The Morgan fingerprint density at radius 3 is 2.81 bits per heavy atom. The number of halogens is 1. The zero-order chi connectivity index (χ0) is 21.8. The van der Waals surface area contributed by atoms with Gasteiger partial charge in [-0.1, -0.05) is 24.3 Å². The molecule has 2 N–H and O–H groups in total. The van der Waals surface area contributed by atoms with Crippen molar-refractivity contribution in [1.82, 2.24) is 14.9 Å². The molecule has 7 heteroatoms. The van der Waals surface area contributed by atoms with E-state index in [2.05, 4.69) is 9.97 Å². The summed E-state index contributed by atoms with van der Waals surface area (Å²) in [6.07, 6.45) is 4.64. The molecule has 1 fully saturated rings. The van der Waals surface area contributed by atoms with E-state index in [4.69, 9.17) is 10.5 Å². The maximum Gasteiger partial charge on any atom is 0.227 e. The van der Waals surface area contributed by atoms with Gasteiger partial charge >= 0.3 is 0 Å². The standard InChI is InChI=1S/C24H25FN4O2/c1-31-19-6-4-5-17(14-19)20-15-27-24(26)28-23(20)21-7-2-3-12-29(21)22(30)13-16-8-10-18(25)11-9-16/h4-6,8-11,14-15,21H,2-3,7,12-13H2,1H3,(H2,26,27,28)/t21-/m0/s1. The fraction of sp³-hybridized carbons (Fsp3) is 0.292. The van der Waals surface area contributed by atoms with Crippen molar-refractivity contribution in [2.75, 3.05) is 19.4 Å². The molecule has 1 aliphatic heterocycles. The van der Waals surface area contributed by atoms with Crippen LogP contribution in [0, 0.1) is 5.82 Å². The molecule has 3 aromatic rings. The third kappa shape index (κ3) is 4.66. The van der Waals surface area contributed by atoms with Gasteiger partial charge in [0.15, 0.2) is 0 Å². The molecule has 1 saturated heterocycles. The molecular weight excluding hydrogens is 395 g/mol. The summed E-state index contributed by atoms with van der Waals surface area (Å²) in [5, 5.41) is 0. The van der Waals surface area contributed by atoms with Crippen LogP contribution in [0.4, 0.5) is 10.3 Å². The van der Waals surface area contributed by atoms with E-state index in [9.17, 15) is 9.18 Å². The van der Waals surface area contributed by atoms with E-state index < -0.39 is 0 Å². The Labute approximate surface area is 180 Å². The third-order valence-corrected chi connectivity index (χ3v) is 5.63. The highest BCUT2D eigenvalue weighted by atomic mass is 19.1. The second-order valence-corrected chi connectivity index (χ2v) is 7.66. The molecule has 0 bridgehead atoms. The van der Waals surface area contributed by atoms with E-state index in [0.717, 1.165) is 47.4 Å². The van der Waals surface area contributed by atoms with Crippen LogP contribution in [0.25, 0.3) is 11.1 Å². The molecule has 0 saturated carbocycles. The minimum Gasteiger partial charge on any atom is -0.497 e. The average molecular weight is 420 g/mol. The first-order valence-electron chi connectivity index (χ1n) is 10.4. The lowest BCUT2D eigenvalue weighted by molar-refractivity contribution is -0.134. The summed E-state index contributed by atoms with van der Waals surface area (Å²) in [6.45, 7) is 0.645. The van der Waals surface area contributed by atoms with Crippen molar-refractivity contribution in [3.8, 4) is 16.9 Å². The molecule has 0 unspecified atom stereocenters. The van der Waals surface area contributed by atoms with Crippen molar-refractivity contribution in [3.05, 3.63) is 71.8 Å². The molecular formula is C24H25FN4O2. The van der Waals surface area contributed by atoms with E-state index in [1.54, 1.807) is 25.4 Å². The van der Waals surface area contributed by atoms with Crippen LogP contribution in [0.5, 0.6) is 5.75 Å². The predicted octanol–water partition coefficient (Wildman–Crippen LogP) is 4.17. The van der Waals surface area contributed by atoms with Gasteiger partial charge in [-0.25, -0.2) is 14.4 Å². The van der Waals surface area contributed by atoms with Crippen molar-refractivity contribution in [2.45, 2.75) is 31.7 Å². The van der Waals surface area contributed by atoms with Crippen LogP contribution >= 0.6 is 0 Å². The number of piperidine rings is 1. The summed E-state index contributed by atoms with van der Waals surface area (Å²) in [5.74, 6) is 0.586. The minimum atomic E-state index is -0.313. The Kier molecular flexibility index (Phi) is 6.11. The van der Waals surface area contributed by atoms with Crippen LogP contribution in [0.1, 0.15) is 36.6 Å². The number of carbonyl (C=O) groups excluding carboxylic acids is 1. The predicted molar refractivity (Wildman–Crippen MR) is 117 cm³/mol. The summed E-state index contributed by atoms with van der Waals surface area (Å²) in [5.41, 5.74) is 9.21. The van der Waals surface area contributed by atoms with Crippen LogP contribution in [-0.2, 0) is 11.2 Å². The molecule has 160 valence electrons. The highest BCUT2D eigenvalue weighted by Gasteiger charge is 2.31. The number of amides is 1. The van der Waals surface area contributed by atoms with E-state index in [-0.39, 0.29) is 30.1 Å². The van der Waals surface area contributed by atoms with Gasteiger partial charge < -0.3 is 15.4 Å². The zero-order valence-electron chi connectivity index (χ0n) is 17.4. The number of hydrogen-bond donors (Lipinski definition) is 1. The van der Waals surface area contributed by atoms with E-state index in [1.807, 2.05) is 29.2 Å². The van der Waals surface area contributed by atoms with Crippen LogP contribution < -0.4 is 10.5 Å². The molecule has 0 aliphatic carbocycles. The number of anilines is 1. The monoisotopic (exact) mass is 420 g/mol. The number of benzene rings is 2. The SMILES string of the molecule is COc1cccc(-c2cnc(N)nc2[C@@H]2CCCCN2C(=O)Cc2ccc(F)cc2)c1. The molecule has 1 aliphatic rings. The molecule has 1 aromatic heterocycles. The molecule has 2 aromatic carbocycles. The molecule has 1 amide bonds.